The van der Waals surface area contributed by atoms with Gasteiger partial charge < -0.3 is 10.2 Å². The predicted octanol–water partition coefficient (Wildman–Crippen LogP) is 3.50. The summed E-state index contributed by atoms with van der Waals surface area (Å²) in [7, 11) is 0. The Bertz CT molecular complexity index is 757. The lowest BCUT2D eigenvalue weighted by Crippen LogP contribution is -2.24. The number of carbonyl (C=O) groups excluding carboxylic acids is 2. The summed E-state index contributed by atoms with van der Waals surface area (Å²) in [5, 5.41) is 12.3. The molecule has 0 aliphatic carbocycles. The first-order valence-electron chi connectivity index (χ1n) is 8.57. The molecule has 1 N–H and O–H groups in total. The van der Waals surface area contributed by atoms with Crippen LogP contribution in [0.2, 0.25) is 0 Å². The minimum absolute atomic E-state index is 0.0209. The zero-order valence-corrected chi connectivity index (χ0v) is 15.3. The van der Waals surface area contributed by atoms with E-state index in [-0.39, 0.29) is 17.7 Å². The van der Waals surface area contributed by atoms with E-state index >= 15 is 0 Å². The number of aromatic nitrogens is 2. The van der Waals surface area contributed by atoms with Gasteiger partial charge in [0, 0.05) is 31.0 Å². The number of nitrogens with one attached hydrogen (secondary N) is 1. The van der Waals surface area contributed by atoms with Crippen molar-refractivity contribution < 1.29 is 9.59 Å². The van der Waals surface area contributed by atoms with Crippen LogP contribution in [0.3, 0.4) is 0 Å². The van der Waals surface area contributed by atoms with Crippen LogP contribution >= 0.6 is 11.3 Å². The number of rotatable bonds is 6. The average Bonchev–Trinajstić information content (AvgIpc) is 3.20. The van der Waals surface area contributed by atoms with Gasteiger partial charge in [-0.15, -0.1) is 10.2 Å². The SMILES string of the molecule is CCCCC(=O)Nc1nnc(C2CC(=O)N(c3ccc(C)cc3)C2)s1. The van der Waals surface area contributed by atoms with Crippen molar-refractivity contribution in [2.24, 2.45) is 0 Å². The van der Waals surface area contributed by atoms with E-state index in [0.29, 0.717) is 24.5 Å². The fourth-order valence-electron chi connectivity index (χ4n) is 2.82. The maximum Gasteiger partial charge on any atom is 0.227 e. The summed E-state index contributed by atoms with van der Waals surface area (Å²) in [4.78, 5) is 25.9. The molecule has 2 aromatic rings. The highest BCUT2D eigenvalue weighted by Gasteiger charge is 2.33. The second kappa shape index (κ2) is 7.74. The summed E-state index contributed by atoms with van der Waals surface area (Å²) >= 11 is 1.36. The van der Waals surface area contributed by atoms with Crippen molar-refractivity contribution in [3.05, 3.63) is 34.8 Å². The molecule has 3 rings (SSSR count). The Morgan fingerprint density at radius 2 is 2.08 bits per heavy atom. The highest BCUT2D eigenvalue weighted by Crippen LogP contribution is 2.34. The Morgan fingerprint density at radius 1 is 1.32 bits per heavy atom. The number of carbonyl (C=O) groups is 2. The van der Waals surface area contributed by atoms with Gasteiger partial charge in [-0.05, 0) is 25.5 Å². The maximum absolute atomic E-state index is 12.4. The van der Waals surface area contributed by atoms with E-state index in [1.54, 1.807) is 4.90 Å². The Hall–Kier alpha value is -2.28. The van der Waals surface area contributed by atoms with Crippen LogP contribution in [-0.2, 0) is 9.59 Å². The molecule has 0 spiro atoms. The number of hydrogen-bond acceptors (Lipinski definition) is 5. The molecule has 0 radical (unpaired) electrons. The summed E-state index contributed by atoms with van der Waals surface area (Å²) < 4.78 is 0. The number of anilines is 2. The summed E-state index contributed by atoms with van der Waals surface area (Å²) in [6, 6.07) is 7.94. The van der Waals surface area contributed by atoms with Gasteiger partial charge in [0.25, 0.3) is 0 Å². The summed E-state index contributed by atoms with van der Waals surface area (Å²) in [5.41, 5.74) is 2.08. The van der Waals surface area contributed by atoms with E-state index in [1.165, 1.54) is 16.9 Å². The fourth-order valence-corrected chi connectivity index (χ4v) is 3.67. The van der Waals surface area contributed by atoms with Crippen LogP contribution in [-0.4, -0.2) is 28.6 Å². The molecule has 2 heterocycles. The molecule has 1 aromatic heterocycles. The maximum atomic E-state index is 12.4. The highest BCUT2D eigenvalue weighted by molar-refractivity contribution is 7.15. The van der Waals surface area contributed by atoms with Crippen molar-refractivity contribution in [2.45, 2.75) is 45.4 Å². The molecule has 1 fully saturated rings. The molecule has 0 bridgehead atoms. The number of benzene rings is 1. The van der Waals surface area contributed by atoms with Crippen LogP contribution in [0.4, 0.5) is 10.8 Å². The molecule has 7 heteroatoms. The molecule has 1 saturated heterocycles. The van der Waals surface area contributed by atoms with Gasteiger partial charge >= 0.3 is 0 Å². The summed E-state index contributed by atoms with van der Waals surface area (Å²) in [5.74, 6) is 0.0820. The van der Waals surface area contributed by atoms with Gasteiger partial charge in [0.05, 0.1) is 0 Å². The predicted molar refractivity (Wildman–Crippen MR) is 99.0 cm³/mol. The Morgan fingerprint density at radius 3 is 2.80 bits per heavy atom. The normalized spacial score (nSPS) is 17.1. The Kier molecular flexibility index (Phi) is 5.43. The first kappa shape index (κ1) is 17.5. The molecule has 1 unspecified atom stereocenters. The minimum Gasteiger partial charge on any atom is -0.312 e. The Labute approximate surface area is 151 Å². The number of nitrogens with zero attached hydrogens (tertiary/aromatic N) is 3. The standard InChI is InChI=1S/C18H22N4O2S/c1-3-4-5-15(23)19-18-21-20-17(25-18)13-10-16(24)22(11-13)14-8-6-12(2)7-9-14/h6-9,13H,3-5,10-11H2,1-2H3,(H,19,21,23). The van der Waals surface area contributed by atoms with Crippen molar-refractivity contribution >= 4 is 34.0 Å². The van der Waals surface area contributed by atoms with Gasteiger partial charge in [-0.2, -0.15) is 0 Å². The first-order valence-corrected chi connectivity index (χ1v) is 9.38. The van der Waals surface area contributed by atoms with Crippen LogP contribution < -0.4 is 10.2 Å². The molecule has 1 aromatic carbocycles. The largest absolute Gasteiger partial charge is 0.312 e. The van der Waals surface area contributed by atoms with E-state index in [0.717, 1.165) is 23.5 Å². The smallest absolute Gasteiger partial charge is 0.227 e. The molecular formula is C18H22N4O2S. The van der Waals surface area contributed by atoms with Crippen molar-refractivity contribution in [2.75, 3.05) is 16.8 Å². The van der Waals surface area contributed by atoms with E-state index < -0.39 is 0 Å². The number of unbranched alkanes of at least 4 members (excludes halogenated alkanes) is 1. The molecule has 132 valence electrons. The molecule has 1 aliphatic rings. The topological polar surface area (TPSA) is 75.2 Å². The molecule has 1 aliphatic heterocycles. The van der Waals surface area contributed by atoms with Gasteiger partial charge in [-0.1, -0.05) is 42.4 Å². The lowest BCUT2D eigenvalue weighted by molar-refractivity contribution is -0.117. The second-order valence-electron chi connectivity index (χ2n) is 6.34. The van der Waals surface area contributed by atoms with Gasteiger partial charge in [-0.3, -0.25) is 9.59 Å². The van der Waals surface area contributed by atoms with E-state index in [9.17, 15) is 9.59 Å². The van der Waals surface area contributed by atoms with Crippen molar-refractivity contribution in [3.63, 3.8) is 0 Å². The molecule has 1 atom stereocenters. The van der Waals surface area contributed by atoms with Gasteiger partial charge in [0.15, 0.2) is 0 Å². The number of amides is 2. The molecule has 6 nitrogen and oxygen atoms in total. The first-order chi connectivity index (χ1) is 12.1. The van der Waals surface area contributed by atoms with Crippen LogP contribution in [0.15, 0.2) is 24.3 Å². The lowest BCUT2D eigenvalue weighted by atomic mass is 10.1. The minimum atomic E-state index is -0.0340. The van der Waals surface area contributed by atoms with Crippen LogP contribution in [0, 0.1) is 6.92 Å². The summed E-state index contributed by atoms with van der Waals surface area (Å²) in [6.07, 6.45) is 2.76. The quantitative estimate of drug-likeness (QED) is 0.857. The lowest BCUT2D eigenvalue weighted by Gasteiger charge is -2.16. The molecule has 2 amide bonds. The van der Waals surface area contributed by atoms with E-state index in [1.807, 2.05) is 38.1 Å². The third-order valence-electron chi connectivity index (χ3n) is 4.26. The third kappa shape index (κ3) is 4.22. The van der Waals surface area contributed by atoms with E-state index in [4.69, 9.17) is 0 Å². The van der Waals surface area contributed by atoms with Crippen LogP contribution in [0.5, 0.6) is 0 Å². The Balaban J connectivity index is 1.64. The average molecular weight is 358 g/mol. The fraction of sp³-hybridized carbons (Fsp3) is 0.444. The van der Waals surface area contributed by atoms with Gasteiger partial charge in [0.1, 0.15) is 5.01 Å². The summed E-state index contributed by atoms with van der Waals surface area (Å²) in [6.45, 7) is 4.67. The van der Waals surface area contributed by atoms with Crippen molar-refractivity contribution in [1.29, 1.82) is 0 Å². The van der Waals surface area contributed by atoms with Crippen LogP contribution in [0.25, 0.3) is 0 Å². The molecule has 25 heavy (non-hydrogen) atoms. The van der Waals surface area contributed by atoms with Gasteiger partial charge in [0.2, 0.25) is 16.9 Å². The third-order valence-corrected chi connectivity index (χ3v) is 5.27. The van der Waals surface area contributed by atoms with E-state index in [2.05, 4.69) is 15.5 Å². The second-order valence-corrected chi connectivity index (χ2v) is 7.35. The molecular weight excluding hydrogens is 336 g/mol. The van der Waals surface area contributed by atoms with Gasteiger partial charge in [-0.25, -0.2) is 0 Å². The van der Waals surface area contributed by atoms with Crippen LogP contribution in [0.1, 0.15) is 49.1 Å². The number of hydrogen-bond donors (Lipinski definition) is 1. The monoisotopic (exact) mass is 358 g/mol. The molecule has 0 saturated carbocycles. The highest BCUT2D eigenvalue weighted by atomic mass is 32.1. The number of aryl methyl sites for hydroxylation is 1. The zero-order valence-electron chi connectivity index (χ0n) is 14.5. The van der Waals surface area contributed by atoms with Crippen molar-refractivity contribution in [3.8, 4) is 0 Å². The zero-order chi connectivity index (χ0) is 17.8. The van der Waals surface area contributed by atoms with Crippen molar-refractivity contribution in [1.82, 2.24) is 10.2 Å².